The van der Waals surface area contributed by atoms with E-state index in [9.17, 15) is 0 Å². The van der Waals surface area contributed by atoms with Crippen molar-refractivity contribution in [3.63, 3.8) is 0 Å². The summed E-state index contributed by atoms with van der Waals surface area (Å²) in [5, 5.41) is 14.3. The summed E-state index contributed by atoms with van der Waals surface area (Å²) in [5.41, 5.74) is 0.590. The third-order valence-electron chi connectivity index (χ3n) is 2.04. The minimum Gasteiger partial charge on any atom is -0.355 e. The maximum atomic E-state index is 5.36. The Kier molecular flexibility index (Phi) is 2.46. The summed E-state index contributed by atoms with van der Waals surface area (Å²) in [6, 6.07) is -0.0402. The van der Waals surface area contributed by atoms with E-state index in [1.54, 1.807) is 16.9 Å². The van der Waals surface area contributed by atoms with Crippen LogP contribution in [0.1, 0.15) is 13.3 Å². The highest BCUT2D eigenvalue weighted by atomic mass is 15.5. The first-order chi connectivity index (χ1) is 7.35. The first-order valence-corrected chi connectivity index (χ1v) is 4.60. The maximum Gasteiger partial charge on any atom is 0.199 e. The molecule has 0 saturated carbocycles. The van der Waals surface area contributed by atoms with Gasteiger partial charge in [0.1, 0.15) is 0 Å². The highest BCUT2D eigenvalue weighted by Gasteiger charge is 2.07. The molecule has 0 radical (unpaired) electrons. The van der Waals surface area contributed by atoms with E-state index in [-0.39, 0.29) is 6.04 Å². The fourth-order valence-electron chi connectivity index (χ4n) is 1.21. The van der Waals surface area contributed by atoms with Crippen molar-refractivity contribution in [1.82, 2.24) is 25.0 Å². The van der Waals surface area contributed by atoms with Crippen molar-refractivity contribution in [1.29, 1.82) is 0 Å². The van der Waals surface area contributed by atoms with E-state index >= 15 is 0 Å². The van der Waals surface area contributed by atoms with Crippen LogP contribution in [0.4, 0.5) is 5.82 Å². The second kappa shape index (κ2) is 3.92. The zero-order valence-electron chi connectivity index (χ0n) is 8.25. The van der Waals surface area contributed by atoms with Gasteiger partial charge >= 0.3 is 0 Å². The van der Waals surface area contributed by atoms with Gasteiger partial charge in [-0.3, -0.25) is 4.98 Å². The van der Waals surface area contributed by atoms with Crippen molar-refractivity contribution in [2.45, 2.75) is 19.4 Å². The number of anilines is 1. The summed E-state index contributed by atoms with van der Waals surface area (Å²) in [4.78, 5) is 4.01. The summed E-state index contributed by atoms with van der Waals surface area (Å²) >= 11 is 0. The predicted octanol–water partition coefficient (Wildman–Crippen LogP) is 0.343. The molecule has 0 aliphatic carbocycles. The van der Waals surface area contributed by atoms with Crippen molar-refractivity contribution < 1.29 is 0 Å². The maximum absolute atomic E-state index is 5.36. The first-order valence-electron chi connectivity index (χ1n) is 4.60. The standard InChI is InChI=1S/C9H10N6/c1-3-7(4-2)11-8-5-10-6-9-12-13-14-15(8)9/h1,5-7,11H,4H2,2H3. The average molecular weight is 202 g/mol. The molecule has 1 atom stereocenters. The molecule has 2 rings (SSSR count). The van der Waals surface area contributed by atoms with Gasteiger partial charge in [0, 0.05) is 0 Å². The molecule has 0 fully saturated rings. The number of nitrogens with zero attached hydrogens (tertiary/aromatic N) is 5. The summed E-state index contributed by atoms with van der Waals surface area (Å²) in [6.07, 6.45) is 9.41. The molecule has 2 aromatic heterocycles. The number of rotatable bonds is 3. The van der Waals surface area contributed by atoms with Gasteiger partial charge < -0.3 is 5.32 Å². The van der Waals surface area contributed by atoms with Gasteiger partial charge in [0.25, 0.3) is 0 Å². The van der Waals surface area contributed by atoms with E-state index in [1.165, 1.54) is 0 Å². The fraction of sp³-hybridized carbons (Fsp3) is 0.333. The number of terminal acetylenes is 1. The SMILES string of the molecule is C#CC(CC)Nc1cncc2nnnn12. The van der Waals surface area contributed by atoms with Crippen molar-refractivity contribution in [2.75, 3.05) is 5.32 Å². The van der Waals surface area contributed by atoms with Crippen LogP contribution < -0.4 is 5.32 Å². The zero-order chi connectivity index (χ0) is 10.7. The Morgan fingerprint density at radius 2 is 2.47 bits per heavy atom. The van der Waals surface area contributed by atoms with E-state index in [1.807, 2.05) is 6.92 Å². The first kappa shape index (κ1) is 9.40. The van der Waals surface area contributed by atoms with Crippen LogP contribution in [0, 0.1) is 12.3 Å². The van der Waals surface area contributed by atoms with Crippen LogP contribution >= 0.6 is 0 Å². The summed E-state index contributed by atoms with van der Waals surface area (Å²) in [5.74, 6) is 3.33. The third kappa shape index (κ3) is 1.72. The van der Waals surface area contributed by atoms with E-state index < -0.39 is 0 Å². The van der Waals surface area contributed by atoms with Crippen LogP contribution in [0.25, 0.3) is 5.65 Å². The van der Waals surface area contributed by atoms with Crippen molar-refractivity contribution in [3.05, 3.63) is 12.4 Å². The molecule has 6 heteroatoms. The minimum atomic E-state index is -0.0402. The Bertz CT molecular complexity index is 497. The third-order valence-corrected chi connectivity index (χ3v) is 2.04. The van der Waals surface area contributed by atoms with E-state index in [0.29, 0.717) is 11.5 Å². The zero-order valence-corrected chi connectivity index (χ0v) is 8.25. The van der Waals surface area contributed by atoms with E-state index in [4.69, 9.17) is 6.42 Å². The monoisotopic (exact) mass is 202 g/mol. The topological polar surface area (TPSA) is 68.0 Å². The van der Waals surface area contributed by atoms with Crippen LogP contribution in [-0.4, -0.2) is 31.1 Å². The predicted molar refractivity (Wildman–Crippen MR) is 55.1 cm³/mol. The Hall–Kier alpha value is -2.16. The second-order valence-electron chi connectivity index (χ2n) is 3.01. The second-order valence-corrected chi connectivity index (χ2v) is 3.01. The molecule has 0 aromatic carbocycles. The molecule has 0 aliphatic rings. The summed E-state index contributed by atoms with van der Waals surface area (Å²) in [6.45, 7) is 2.00. The van der Waals surface area contributed by atoms with Crippen molar-refractivity contribution in [2.24, 2.45) is 0 Å². The number of hydrogen-bond donors (Lipinski definition) is 1. The molecule has 0 saturated heterocycles. The lowest BCUT2D eigenvalue weighted by Crippen LogP contribution is -2.18. The number of hydrogen-bond acceptors (Lipinski definition) is 5. The average Bonchev–Trinajstić information content (AvgIpc) is 2.74. The van der Waals surface area contributed by atoms with Gasteiger partial charge in [0.05, 0.1) is 18.4 Å². The van der Waals surface area contributed by atoms with Gasteiger partial charge in [0.2, 0.25) is 0 Å². The van der Waals surface area contributed by atoms with Crippen LogP contribution in [-0.2, 0) is 0 Å². The van der Waals surface area contributed by atoms with E-state index in [0.717, 1.165) is 6.42 Å². The van der Waals surface area contributed by atoms with Crippen LogP contribution in [0.2, 0.25) is 0 Å². The molecular weight excluding hydrogens is 192 g/mol. The molecule has 76 valence electrons. The highest BCUT2D eigenvalue weighted by molar-refractivity contribution is 5.45. The molecular formula is C9H10N6. The minimum absolute atomic E-state index is 0.0402. The lowest BCUT2D eigenvalue weighted by molar-refractivity contribution is 0.794. The normalized spacial score (nSPS) is 12.3. The largest absolute Gasteiger partial charge is 0.355 e. The Morgan fingerprint density at radius 1 is 1.60 bits per heavy atom. The Balaban J connectivity index is 2.35. The van der Waals surface area contributed by atoms with Gasteiger partial charge in [-0.25, -0.2) is 0 Å². The number of tetrazole rings is 1. The molecule has 0 amide bonds. The van der Waals surface area contributed by atoms with Crippen molar-refractivity contribution >= 4 is 11.5 Å². The molecule has 1 N–H and O–H groups in total. The fourth-order valence-corrected chi connectivity index (χ4v) is 1.21. The van der Waals surface area contributed by atoms with E-state index in [2.05, 4.69) is 31.7 Å². The molecule has 0 spiro atoms. The van der Waals surface area contributed by atoms with Gasteiger partial charge in [-0.15, -0.1) is 11.5 Å². The van der Waals surface area contributed by atoms with Gasteiger partial charge in [0.15, 0.2) is 11.5 Å². The highest BCUT2D eigenvalue weighted by Crippen LogP contribution is 2.08. The molecule has 0 bridgehead atoms. The number of aromatic nitrogens is 5. The van der Waals surface area contributed by atoms with Crippen LogP contribution in [0.15, 0.2) is 12.4 Å². The molecule has 6 nitrogen and oxygen atoms in total. The molecule has 0 aliphatic heterocycles. The summed E-state index contributed by atoms with van der Waals surface area (Å²) in [7, 11) is 0. The Labute approximate surface area is 86.7 Å². The lowest BCUT2D eigenvalue weighted by Gasteiger charge is -2.11. The van der Waals surface area contributed by atoms with Gasteiger partial charge in [-0.05, 0) is 16.8 Å². The molecule has 1 unspecified atom stereocenters. The molecule has 2 heterocycles. The van der Waals surface area contributed by atoms with Gasteiger partial charge in [-0.1, -0.05) is 12.8 Å². The smallest absolute Gasteiger partial charge is 0.199 e. The summed E-state index contributed by atoms with van der Waals surface area (Å²) < 4.78 is 1.56. The quantitative estimate of drug-likeness (QED) is 0.727. The molecule has 15 heavy (non-hydrogen) atoms. The Morgan fingerprint density at radius 3 is 3.20 bits per heavy atom. The number of fused-ring (bicyclic) bond motifs is 1. The van der Waals surface area contributed by atoms with Crippen LogP contribution in [0.3, 0.4) is 0 Å². The molecule has 2 aromatic rings. The lowest BCUT2D eigenvalue weighted by atomic mass is 10.2. The van der Waals surface area contributed by atoms with Crippen molar-refractivity contribution in [3.8, 4) is 12.3 Å². The van der Waals surface area contributed by atoms with Crippen LogP contribution in [0.5, 0.6) is 0 Å². The van der Waals surface area contributed by atoms with Gasteiger partial charge in [-0.2, -0.15) is 4.52 Å². The number of nitrogens with one attached hydrogen (secondary N) is 1.